The summed E-state index contributed by atoms with van der Waals surface area (Å²) in [5.41, 5.74) is 2.32. The molecule has 5 rings (SSSR count). The number of piperidine rings is 1. The lowest BCUT2D eigenvalue weighted by atomic mass is 10.1. The summed E-state index contributed by atoms with van der Waals surface area (Å²) < 4.78 is 14.2. The van der Waals surface area contributed by atoms with Gasteiger partial charge in [-0.3, -0.25) is 4.90 Å². The standard InChI is InChI=1S/C25H33FN8O/c1-17(35)21-12-19-14-28-25(31-23(19)24(29-21)34-7-3-4-20(26)16-34)30-22-6-5-18(13-27-22)15-33-10-8-32(2)9-11-33/h5-6,12-14,17,20,35H,3-4,7-11,15-16H2,1-2H3,(H,27,28,30,31)/t17-,20-/m1/s1. The topological polar surface area (TPSA) is 93.5 Å². The van der Waals surface area contributed by atoms with Crippen molar-refractivity contribution in [3.05, 3.63) is 41.9 Å². The second-order valence-electron chi connectivity index (χ2n) is 9.62. The number of nitrogens with zero attached hydrogens (tertiary/aromatic N) is 7. The van der Waals surface area contributed by atoms with Gasteiger partial charge in [0.05, 0.1) is 18.3 Å². The minimum Gasteiger partial charge on any atom is -0.387 e. The average molecular weight is 481 g/mol. The molecule has 2 aliphatic rings. The molecule has 35 heavy (non-hydrogen) atoms. The van der Waals surface area contributed by atoms with Gasteiger partial charge in [0.2, 0.25) is 5.95 Å². The van der Waals surface area contributed by atoms with Gasteiger partial charge in [-0.1, -0.05) is 6.07 Å². The lowest BCUT2D eigenvalue weighted by Crippen LogP contribution is -2.43. The summed E-state index contributed by atoms with van der Waals surface area (Å²) in [6, 6.07) is 5.80. The maximum atomic E-state index is 14.2. The van der Waals surface area contributed by atoms with Gasteiger partial charge in [0, 0.05) is 57.0 Å². The van der Waals surface area contributed by atoms with Gasteiger partial charge in [-0.25, -0.2) is 24.3 Å². The Hall–Kier alpha value is -2.95. The van der Waals surface area contributed by atoms with E-state index in [1.54, 1.807) is 19.2 Å². The normalized spacial score (nSPS) is 20.8. The zero-order valence-electron chi connectivity index (χ0n) is 20.4. The number of alkyl halides is 1. The quantitative estimate of drug-likeness (QED) is 0.552. The Morgan fingerprint density at radius 2 is 1.94 bits per heavy atom. The molecular weight excluding hydrogens is 447 g/mol. The molecule has 2 fully saturated rings. The van der Waals surface area contributed by atoms with Gasteiger partial charge >= 0.3 is 0 Å². The van der Waals surface area contributed by atoms with Crippen molar-refractivity contribution in [2.24, 2.45) is 0 Å². The fourth-order valence-corrected chi connectivity index (χ4v) is 4.63. The molecule has 0 spiro atoms. The molecule has 0 aliphatic carbocycles. The first-order chi connectivity index (χ1) is 16.9. The lowest BCUT2D eigenvalue weighted by Gasteiger charge is -2.32. The number of aliphatic hydroxyl groups is 1. The smallest absolute Gasteiger partial charge is 0.229 e. The fraction of sp³-hybridized carbons (Fsp3) is 0.520. The van der Waals surface area contributed by atoms with Crippen LogP contribution < -0.4 is 10.2 Å². The van der Waals surface area contributed by atoms with Crippen molar-refractivity contribution in [3.63, 3.8) is 0 Å². The Labute approximate surface area is 205 Å². The zero-order valence-corrected chi connectivity index (χ0v) is 20.4. The maximum absolute atomic E-state index is 14.2. The number of halogens is 1. The molecule has 10 heteroatoms. The Kier molecular flexibility index (Phi) is 7.03. The molecule has 9 nitrogen and oxygen atoms in total. The van der Waals surface area contributed by atoms with E-state index in [9.17, 15) is 9.50 Å². The van der Waals surface area contributed by atoms with Crippen LogP contribution in [0.2, 0.25) is 0 Å². The highest BCUT2D eigenvalue weighted by Crippen LogP contribution is 2.30. The van der Waals surface area contributed by atoms with E-state index >= 15 is 0 Å². The number of aliphatic hydroxyl groups excluding tert-OH is 1. The Bertz CT molecular complexity index is 1150. The van der Waals surface area contributed by atoms with E-state index in [1.165, 1.54) is 5.56 Å². The van der Waals surface area contributed by atoms with Crippen molar-refractivity contribution in [2.45, 2.75) is 38.6 Å². The van der Waals surface area contributed by atoms with E-state index in [2.05, 4.69) is 43.2 Å². The van der Waals surface area contributed by atoms with Crippen LogP contribution in [-0.2, 0) is 6.54 Å². The fourth-order valence-electron chi connectivity index (χ4n) is 4.63. The molecule has 5 heterocycles. The molecule has 3 aromatic heterocycles. The van der Waals surface area contributed by atoms with Gasteiger partial charge < -0.3 is 20.2 Å². The zero-order chi connectivity index (χ0) is 24.4. The molecule has 186 valence electrons. The number of rotatable bonds is 6. The van der Waals surface area contributed by atoms with Crippen molar-refractivity contribution >= 4 is 28.5 Å². The van der Waals surface area contributed by atoms with Crippen molar-refractivity contribution in [2.75, 3.05) is 56.5 Å². The summed E-state index contributed by atoms with van der Waals surface area (Å²) in [7, 11) is 2.16. The number of hydrogen-bond acceptors (Lipinski definition) is 9. The first-order valence-electron chi connectivity index (χ1n) is 12.3. The molecule has 3 aromatic rings. The number of likely N-dealkylation sites (N-methyl/N-ethyl adjacent to an activating group) is 1. The lowest BCUT2D eigenvalue weighted by molar-refractivity contribution is 0.148. The highest BCUT2D eigenvalue weighted by Gasteiger charge is 2.24. The monoisotopic (exact) mass is 480 g/mol. The molecule has 0 aromatic carbocycles. The summed E-state index contributed by atoms with van der Waals surface area (Å²) in [5, 5.41) is 14.1. The largest absolute Gasteiger partial charge is 0.387 e. The van der Waals surface area contributed by atoms with E-state index in [0.717, 1.165) is 44.5 Å². The van der Waals surface area contributed by atoms with E-state index in [-0.39, 0.29) is 6.54 Å². The second kappa shape index (κ2) is 10.3. The predicted molar refractivity (Wildman–Crippen MR) is 135 cm³/mol. The number of piperazine rings is 1. The van der Waals surface area contributed by atoms with Gasteiger partial charge in [-0.15, -0.1) is 0 Å². The van der Waals surface area contributed by atoms with Crippen LogP contribution in [-0.4, -0.2) is 87.3 Å². The summed E-state index contributed by atoms with van der Waals surface area (Å²) in [5.74, 6) is 1.64. The Balaban J connectivity index is 1.36. The van der Waals surface area contributed by atoms with Crippen molar-refractivity contribution in [3.8, 4) is 0 Å². The number of hydrogen-bond donors (Lipinski definition) is 2. The van der Waals surface area contributed by atoms with Crippen LogP contribution in [0.3, 0.4) is 0 Å². The first-order valence-corrected chi connectivity index (χ1v) is 12.3. The average Bonchev–Trinajstić information content (AvgIpc) is 2.86. The van der Waals surface area contributed by atoms with Crippen LogP contribution in [0.25, 0.3) is 10.9 Å². The second-order valence-corrected chi connectivity index (χ2v) is 9.62. The number of fused-ring (bicyclic) bond motifs is 1. The number of aromatic nitrogens is 4. The molecule has 2 atom stereocenters. The minimum absolute atomic E-state index is 0.272. The third-order valence-corrected chi connectivity index (χ3v) is 6.73. The summed E-state index contributed by atoms with van der Waals surface area (Å²) in [4.78, 5) is 25.1. The van der Waals surface area contributed by atoms with Gasteiger partial charge in [0.1, 0.15) is 17.5 Å². The molecule has 0 bridgehead atoms. The van der Waals surface area contributed by atoms with E-state index in [0.29, 0.717) is 41.8 Å². The highest BCUT2D eigenvalue weighted by molar-refractivity contribution is 5.89. The van der Waals surface area contributed by atoms with Crippen LogP contribution in [0.15, 0.2) is 30.6 Å². The van der Waals surface area contributed by atoms with Crippen LogP contribution >= 0.6 is 0 Å². The number of anilines is 3. The van der Waals surface area contributed by atoms with Crippen LogP contribution in [0.4, 0.5) is 22.0 Å². The summed E-state index contributed by atoms with van der Waals surface area (Å²) in [6.45, 7) is 7.84. The van der Waals surface area contributed by atoms with Crippen LogP contribution in [0.5, 0.6) is 0 Å². The third kappa shape index (κ3) is 5.66. The summed E-state index contributed by atoms with van der Waals surface area (Å²) in [6.07, 6.45) is 3.27. The van der Waals surface area contributed by atoms with Crippen LogP contribution in [0, 0.1) is 0 Å². The summed E-state index contributed by atoms with van der Waals surface area (Å²) >= 11 is 0. The van der Waals surface area contributed by atoms with Crippen molar-refractivity contribution in [1.29, 1.82) is 0 Å². The molecule has 0 saturated carbocycles. The van der Waals surface area contributed by atoms with E-state index < -0.39 is 12.3 Å². The minimum atomic E-state index is -0.899. The Morgan fingerprint density at radius 3 is 2.66 bits per heavy atom. The molecule has 0 radical (unpaired) electrons. The highest BCUT2D eigenvalue weighted by atomic mass is 19.1. The number of pyridine rings is 2. The van der Waals surface area contributed by atoms with Gasteiger partial charge in [-0.05, 0) is 44.5 Å². The number of nitrogens with one attached hydrogen (secondary N) is 1. The molecule has 0 unspecified atom stereocenters. The predicted octanol–water partition coefficient (Wildman–Crippen LogP) is 2.90. The van der Waals surface area contributed by atoms with Gasteiger partial charge in [0.25, 0.3) is 0 Å². The maximum Gasteiger partial charge on any atom is 0.229 e. The Morgan fingerprint density at radius 1 is 1.11 bits per heavy atom. The molecule has 2 aliphatic heterocycles. The van der Waals surface area contributed by atoms with E-state index in [4.69, 9.17) is 4.98 Å². The molecular formula is C25H33FN8O. The SMILES string of the molecule is C[C@@H](O)c1cc2cnc(Nc3ccc(CN4CCN(C)CC4)cn3)nc2c(N2CCC[C@@H](F)C2)n1. The molecule has 2 saturated heterocycles. The van der Waals surface area contributed by atoms with Gasteiger partial charge in [-0.2, -0.15) is 0 Å². The third-order valence-electron chi connectivity index (χ3n) is 6.73. The van der Waals surface area contributed by atoms with Crippen LogP contribution in [0.1, 0.15) is 37.1 Å². The molecule has 0 amide bonds. The van der Waals surface area contributed by atoms with Crippen molar-refractivity contribution in [1.82, 2.24) is 29.7 Å². The molecule has 2 N–H and O–H groups in total. The van der Waals surface area contributed by atoms with E-state index in [1.807, 2.05) is 17.2 Å². The van der Waals surface area contributed by atoms with Crippen molar-refractivity contribution < 1.29 is 9.50 Å². The van der Waals surface area contributed by atoms with Gasteiger partial charge in [0.15, 0.2) is 5.82 Å². The first kappa shape index (κ1) is 23.8.